The third-order valence-electron chi connectivity index (χ3n) is 6.31. The van der Waals surface area contributed by atoms with Crippen molar-refractivity contribution in [3.8, 4) is 11.5 Å². The molecule has 46 heavy (non-hydrogen) atoms. The van der Waals surface area contributed by atoms with Crippen LogP contribution in [0.4, 0.5) is 13.2 Å². The zero-order chi connectivity index (χ0) is 33.0. The molecule has 3 aromatic carbocycles. The Morgan fingerprint density at radius 1 is 0.935 bits per heavy atom. The maximum absolute atomic E-state index is 12.2. The highest BCUT2D eigenvalue weighted by molar-refractivity contribution is 7.85. The molecule has 0 bridgehead atoms. The molecule has 1 N–H and O–H groups in total. The van der Waals surface area contributed by atoms with Gasteiger partial charge in [0.1, 0.15) is 30.1 Å². The number of aryl methyl sites for hydroxylation is 3. The molecule has 5 rings (SSSR count). The van der Waals surface area contributed by atoms with Gasteiger partial charge in [-0.3, -0.25) is 9.23 Å². The fourth-order valence-electron chi connectivity index (χ4n) is 3.99. The molecule has 10 nitrogen and oxygen atoms in total. The SMILES string of the molecule is Cc1ccc(S(=O)(=O)O)cc1.FC(F)(F)Oc1ccc(C=Cc2nc(COc3ccc(CCCCn4ccnn4)cc3)co2)cc1. The lowest BCUT2D eigenvalue weighted by Crippen LogP contribution is -2.16. The van der Waals surface area contributed by atoms with E-state index in [-0.39, 0.29) is 17.3 Å². The number of unbranched alkanes of at least 4 members (excludes halogenated alkanes) is 1. The first-order valence-electron chi connectivity index (χ1n) is 14.0. The summed E-state index contributed by atoms with van der Waals surface area (Å²) in [6.45, 7) is 2.95. The molecule has 14 heteroatoms. The molecule has 0 atom stereocenters. The van der Waals surface area contributed by atoms with Crippen LogP contribution >= 0.6 is 0 Å². The second kappa shape index (κ2) is 15.9. The van der Waals surface area contributed by atoms with Gasteiger partial charge in [-0.15, -0.1) is 18.3 Å². The first-order chi connectivity index (χ1) is 21.9. The molecule has 2 heterocycles. The molecular formula is C32H31F3N4O6S. The third-order valence-corrected chi connectivity index (χ3v) is 7.17. The Labute approximate surface area is 263 Å². The predicted molar refractivity (Wildman–Crippen MR) is 163 cm³/mol. The summed E-state index contributed by atoms with van der Waals surface area (Å²) < 4.78 is 83.1. The van der Waals surface area contributed by atoms with Crippen LogP contribution in [0.5, 0.6) is 11.5 Å². The van der Waals surface area contributed by atoms with Crippen LogP contribution in [-0.4, -0.2) is 39.3 Å². The number of benzene rings is 3. The molecule has 0 aliphatic carbocycles. The predicted octanol–water partition coefficient (Wildman–Crippen LogP) is 7.18. The van der Waals surface area contributed by atoms with Gasteiger partial charge in [0, 0.05) is 18.8 Å². The van der Waals surface area contributed by atoms with Crippen molar-refractivity contribution >= 4 is 22.3 Å². The van der Waals surface area contributed by atoms with Crippen molar-refractivity contribution in [3.05, 3.63) is 120 Å². The van der Waals surface area contributed by atoms with Crippen molar-refractivity contribution in [2.75, 3.05) is 0 Å². The molecule has 0 saturated heterocycles. The van der Waals surface area contributed by atoms with Crippen molar-refractivity contribution in [1.29, 1.82) is 0 Å². The molecule has 2 aromatic heterocycles. The Morgan fingerprint density at radius 2 is 1.63 bits per heavy atom. The molecule has 0 aliphatic rings. The van der Waals surface area contributed by atoms with Gasteiger partial charge in [-0.25, -0.2) is 4.98 Å². The Bertz CT molecular complexity index is 1770. The van der Waals surface area contributed by atoms with Gasteiger partial charge in [0.05, 0.1) is 11.1 Å². The topological polar surface area (TPSA) is 130 Å². The largest absolute Gasteiger partial charge is 0.573 e. The smallest absolute Gasteiger partial charge is 0.487 e. The number of alkyl halides is 3. The Hall–Kier alpha value is -4.95. The highest BCUT2D eigenvalue weighted by atomic mass is 32.2. The van der Waals surface area contributed by atoms with Crippen LogP contribution < -0.4 is 9.47 Å². The van der Waals surface area contributed by atoms with E-state index in [4.69, 9.17) is 13.7 Å². The van der Waals surface area contributed by atoms with Gasteiger partial charge in [0.25, 0.3) is 10.1 Å². The minimum absolute atomic E-state index is 0.0666. The molecule has 0 saturated carbocycles. The Balaban J connectivity index is 0.000000369. The molecular weight excluding hydrogens is 625 g/mol. The summed E-state index contributed by atoms with van der Waals surface area (Å²) in [5, 5.41) is 7.75. The number of hydrogen-bond donors (Lipinski definition) is 1. The van der Waals surface area contributed by atoms with Crippen LogP contribution in [0.3, 0.4) is 0 Å². The maximum atomic E-state index is 12.2. The summed E-state index contributed by atoms with van der Waals surface area (Å²) in [6, 6.07) is 19.4. The van der Waals surface area contributed by atoms with Gasteiger partial charge < -0.3 is 13.9 Å². The molecule has 0 fully saturated rings. The number of halogens is 3. The molecule has 0 spiro atoms. The average molecular weight is 657 g/mol. The molecule has 5 aromatic rings. The zero-order valence-corrected chi connectivity index (χ0v) is 25.5. The van der Waals surface area contributed by atoms with E-state index in [0.29, 0.717) is 17.1 Å². The van der Waals surface area contributed by atoms with Gasteiger partial charge in [0.2, 0.25) is 5.89 Å². The van der Waals surface area contributed by atoms with E-state index in [0.717, 1.165) is 37.1 Å². The van der Waals surface area contributed by atoms with Crippen molar-refractivity contribution < 1.29 is 40.0 Å². The monoisotopic (exact) mass is 656 g/mol. The minimum Gasteiger partial charge on any atom is -0.487 e. The number of oxazole rings is 1. The summed E-state index contributed by atoms with van der Waals surface area (Å²) in [5.74, 6) is 0.819. The lowest BCUT2D eigenvalue weighted by atomic mass is 10.1. The van der Waals surface area contributed by atoms with E-state index < -0.39 is 16.5 Å². The van der Waals surface area contributed by atoms with Crippen LogP contribution in [0.1, 0.15) is 41.1 Å². The van der Waals surface area contributed by atoms with Crippen LogP contribution in [-0.2, 0) is 29.7 Å². The summed E-state index contributed by atoms with van der Waals surface area (Å²) >= 11 is 0. The molecule has 0 aliphatic heterocycles. The fourth-order valence-corrected chi connectivity index (χ4v) is 4.47. The van der Waals surface area contributed by atoms with E-state index in [9.17, 15) is 21.6 Å². The van der Waals surface area contributed by atoms with Crippen LogP contribution in [0.2, 0.25) is 0 Å². The van der Waals surface area contributed by atoms with E-state index >= 15 is 0 Å². The lowest BCUT2D eigenvalue weighted by molar-refractivity contribution is -0.274. The molecule has 0 unspecified atom stereocenters. The van der Waals surface area contributed by atoms with E-state index in [1.54, 1.807) is 30.5 Å². The van der Waals surface area contributed by atoms with E-state index in [1.165, 1.54) is 48.2 Å². The van der Waals surface area contributed by atoms with Crippen molar-refractivity contribution in [2.45, 2.75) is 50.6 Å². The first kappa shape index (κ1) is 33.9. The number of aromatic nitrogens is 4. The highest BCUT2D eigenvalue weighted by Gasteiger charge is 2.30. The standard InChI is InChI=1S/C25H23F3N4O3.C7H8O3S/c26-25(27,28)35-23-11-6-20(7-12-23)8-13-24-30-21(18-34-24)17-33-22-9-4-19(5-10-22)3-1-2-15-32-16-14-29-31-32;1-6-2-4-7(5-3-6)11(8,9)10/h4-14,16,18H,1-3,15,17H2;2-5H,1H3,(H,8,9,10). The maximum Gasteiger partial charge on any atom is 0.573 e. The second-order valence-corrected chi connectivity index (χ2v) is 11.4. The van der Waals surface area contributed by atoms with Crippen molar-refractivity contribution in [2.24, 2.45) is 0 Å². The second-order valence-electron chi connectivity index (χ2n) is 9.97. The van der Waals surface area contributed by atoms with Crippen LogP contribution in [0.15, 0.2) is 101 Å². The lowest BCUT2D eigenvalue weighted by Gasteiger charge is -2.08. The highest BCUT2D eigenvalue weighted by Crippen LogP contribution is 2.23. The van der Waals surface area contributed by atoms with Crippen LogP contribution in [0.25, 0.3) is 12.2 Å². The van der Waals surface area contributed by atoms with E-state index in [2.05, 4.69) is 20.0 Å². The van der Waals surface area contributed by atoms with Crippen molar-refractivity contribution in [3.63, 3.8) is 0 Å². The number of nitrogens with zero attached hydrogens (tertiary/aromatic N) is 4. The minimum atomic E-state index is -4.71. The molecule has 0 radical (unpaired) electrons. The first-order valence-corrected chi connectivity index (χ1v) is 15.5. The van der Waals surface area contributed by atoms with Gasteiger partial charge in [0.15, 0.2) is 0 Å². The van der Waals surface area contributed by atoms with Gasteiger partial charge in [-0.05, 0) is 79.8 Å². The zero-order valence-electron chi connectivity index (χ0n) is 24.7. The quantitative estimate of drug-likeness (QED) is 0.110. The number of rotatable bonds is 12. The van der Waals surface area contributed by atoms with Gasteiger partial charge >= 0.3 is 6.36 Å². The third kappa shape index (κ3) is 11.9. The fraction of sp³-hybridized carbons (Fsp3) is 0.219. The number of ether oxygens (including phenoxy) is 2. The Kier molecular flexibility index (Phi) is 11.7. The normalized spacial score (nSPS) is 11.7. The van der Waals surface area contributed by atoms with Crippen molar-refractivity contribution in [1.82, 2.24) is 20.0 Å². The summed E-state index contributed by atoms with van der Waals surface area (Å²) in [5.41, 5.74) is 3.49. The molecule has 242 valence electrons. The average Bonchev–Trinajstić information content (AvgIpc) is 3.70. The summed E-state index contributed by atoms with van der Waals surface area (Å²) in [4.78, 5) is 4.26. The Morgan fingerprint density at radius 3 is 2.26 bits per heavy atom. The van der Waals surface area contributed by atoms with Gasteiger partial charge in [-0.2, -0.15) is 8.42 Å². The van der Waals surface area contributed by atoms with Gasteiger partial charge in [-0.1, -0.05) is 47.2 Å². The van der Waals surface area contributed by atoms with Crippen LogP contribution in [0, 0.1) is 6.92 Å². The van der Waals surface area contributed by atoms with E-state index in [1.807, 2.05) is 42.1 Å². The summed E-state index contributed by atoms with van der Waals surface area (Å²) in [7, 11) is -4.02. The summed E-state index contributed by atoms with van der Waals surface area (Å²) in [6.07, 6.45) is 6.70. The molecule has 0 amide bonds. The number of hydrogen-bond acceptors (Lipinski definition) is 8.